The number of ether oxygens (including phenoxy) is 2. The van der Waals surface area contributed by atoms with Crippen molar-refractivity contribution in [3.63, 3.8) is 0 Å². The minimum atomic E-state index is -0.877. The van der Waals surface area contributed by atoms with E-state index >= 15 is 4.39 Å². The number of aromatic nitrogens is 3. The highest BCUT2D eigenvalue weighted by Crippen LogP contribution is 2.51. The highest BCUT2D eigenvalue weighted by molar-refractivity contribution is 5.94. The van der Waals surface area contributed by atoms with Gasteiger partial charge in [0.25, 0.3) is 11.9 Å². The van der Waals surface area contributed by atoms with Crippen LogP contribution in [0.25, 0.3) is 0 Å². The number of benzene rings is 1. The Kier molecular flexibility index (Phi) is 8.49. The molecule has 39 heavy (non-hydrogen) atoms. The smallest absolute Gasteiger partial charge is 0.256 e. The van der Waals surface area contributed by atoms with Crippen LogP contribution in [0.2, 0.25) is 0 Å². The van der Waals surface area contributed by atoms with Crippen molar-refractivity contribution in [2.24, 2.45) is 17.8 Å². The summed E-state index contributed by atoms with van der Waals surface area (Å²) in [5.41, 5.74) is 4.20. The lowest BCUT2D eigenvalue weighted by Crippen LogP contribution is -2.42. The predicted molar refractivity (Wildman–Crippen MR) is 139 cm³/mol. The third kappa shape index (κ3) is 6.60. The summed E-state index contributed by atoms with van der Waals surface area (Å²) in [7, 11) is 2.88. The number of hydrogen-bond donors (Lipinski definition) is 2. The largest absolute Gasteiger partial charge is 0.481 e. The van der Waals surface area contributed by atoms with Crippen molar-refractivity contribution in [1.82, 2.24) is 20.2 Å². The number of nitrogens with zero attached hydrogens (tertiary/aromatic N) is 3. The lowest BCUT2D eigenvalue weighted by atomic mass is 9.91. The third-order valence-electron chi connectivity index (χ3n) is 7.26. The summed E-state index contributed by atoms with van der Waals surface area (Å²) < 4.78 is 40.9. The van der Waals surface area contributed by atoms with Crippen LogP contribution in [-0.2, 0) is 20.9 Å². The fraction of sp³-hybridized carbons (Fsp3) is 0.464. The van der Waals surface area contributed by atoms with Crippen molar-refractivity contribution in [2.45, 2.75) is 44.4 Å². The van der Waals surface area contributed by atoms with Gasteiger partial charge in [0.1, 0.15) is 17.5 Å². The maximum atomic E-state index is 15.1. The summed E-state index contributed by atoms with van der Waals surface area (Å²) >= 11 is 0. The van der Waals surface area contributed by atoms with E-state index in [-0.39, 0.29) is 24.1 Å². The van der Waals surface area contributed by atoms with Crippen molar-refractivity contribution in [3.8, 4) is 5.88 Å². The Hall–Kier alpha value is -3.41. The van der Waals surface area contributed by atoms with Crippen molar-refractivity contribution in [2.75, 3.05) is 26.1 Å². The van der Waals surface area contributed by atoms with Crippen LogP contribution in [0.5, 0.6) is 5.88 Å². The standard InChI is InChI=1S/C28H33F2N5O4/c1-37-16-23(21-12-20(29)14-31-28(21)38-2)35-15-22(26(30)34-35)33-27(36)25(24(18-8-9-18)19-10-11-19)39-32-13-17-6-4-3-5-7-17/h3-7,12,14-15,18-19,23-25,32H,8-11,13,16H2,1-2H3,(H,33,36). The van der Waals surface area contributed by atoms with Crippen LogP contribution in [0.4, 0.5) is 14.5 Å². The Morgan fingerprint density at radius 2 is 1.85 bits per heavy atom. The molecule has 2 heterocycles. The Bertz CT molecular complexity index is 1250. The number of carbonyl (C=O) groups excluding carboxylic acids is 1. The molecule has 2 aliphatic rings. The Morgan fingerprint density at radius 3 is 2.49 bits per heavy atom. The number of amides is 1. The second-order valence-electron chi connectivity index (χ2n) is 10.1. The molecular weight excluding hydrogens is 508 g/mol. The predicted octanol–water partition coefficient (Wildman–Crippen LogP) is 4.27. The molecule has 1 amide bonds. The number of hydroxylamine groups is 1. The Morgan fingerprint density at radius 1 is 1.13 bits per heavy atom. The molecule has 2 N–H and O–H groups in total. The molecule has 9 nitrogen and oxygen atoms in total. The summed E-state index contributed by atoms with van der Waals surface area (Å²) in [5.74, 6) is -0.854. The number of hydrogen-bond acceptors (Lipinski definition) is 7. The topological polar surface area (TPSA) is 99.5 Å². The van der Waals surface area contributed by atoms with Crippen LogP contribution in [0.3, 0.4) is 0 Å². The van der Waals surface area contributed by atoms with Crippen LogP contribution in [-0.4, -0.2) is 47.6 Å². The average Bonchev–Trinajstić information content (AvgIpc) is 3.87. The molecule has 5 rings (SSSR count). The molecule has 2 aromatic heterocycles. The molecule has 0 radical (unpaired) electrons. The molecule has 1 aromatic carbocycles. The molecule has 3 aromatic rings. The highest BCUT2D eigenvalue weighted by Gasteiger charge is 2.49. The van der Waals surface area contributed by atoms with Gasteiger partial charge >= 0.3 is 0 Å². The molecule has 0 saturated heterocycles. The van der Waals surface area contributed by atoms with E-state index in [2.05, 4.69) is 20.9 Å². The molecule has 2 unspecified atom stereocenters. The first kappa shape index (κ1) is 27.2. The van der Waals surface area contributed by atoms with E-state index in [9.17, 15) is 9.18 Å². The van der Waals surface area contributed by atoms with Gasteiger partial charge < -0.3 is 14.8 Å². The number of rotatable bonds is 14. The van der Waals surface area contributed by atoms with Crippen LogP contribution in [0.15, 0.2) is 48.8 Å². The number of anilines is 1. The molecule has 0 spiro atoms. The van der Waals surface area contributed by atoms with E-state index in [1.54, 1.807) is 0 Å². The molecule has 2 aliphatic carbocycles. The van der Waals surface area contributed by atoms with E-state index in [1.165, 1.54) is 31.2 Å². The van der Waals surface area contributed by atoms with Gasteiger partial charge in [-0.2, -0.15) is 9.87 Å². The zero-order chi connectivity index (χ0) is 27.4. The van der Waals surface area contributed by atoms with Crippen molar-refractivity contribution in [3.05, 3.63) is 71.7 Å². The molecule has 11 heteroatoms. The van der Waals surface area contributed by atoms with E-state index in [0.717, 1.165) is 37.4 Å². The van der Waals surface area contributed by atoms with Crippen LogP contribution < -0.4 is 15.5 Å². The number of carbonyl (C=O) groups is 1. The molecule has 2 fully saturated rings. The van der Waals surface area contributed by atoms with Gasteiger partial charge in [0.2, 0.25) is 5.88 Å². The molecular formula is C28H33F2N5O4. The van der Waals surface area contributed by atoms with Gasteiger partial charge in [-0.25, -0.2) is 9.37 Å². The molecule has 2 saturated carbocycles. The minimum absolute atomic E-state index is 0.0383. The Labute approximate surface area is 225 Å². The summed E-state index contributed by atoms with van der Waals surface area (Å²) in [6, 6.07) is 10.2. The average molecular weight is 542 g/mol. The highest BCUT2D eigenvalue weighted by atomic mass is 19.1. The van der Waals surface area contributed by atoms with Gasteiger partial charge in [-0.15, -0.1) is 5.10 Å². The first-order valence-corrected chi connectivity index (χ1v) is 13.1. The monoisotopic (exact) mass is 541 g/mol. The van der Waals surface area contributed by atoms with Gasteiger partial charge in [0, 0.05) is 25.1 Å². The molecule has 2 atom stereocenters. The number of pyridine rings is 1. The lowest BCUT2D eigenvalue weighted by Gasteiger charge is -2.26. The van der Waals surface area contributed by atoms with Gasteiger partial charge in [0.05, 0.1) is 26.1 Å². The SMILES string of the molecule is COCC(c1cc(F)cnc1OC)n1cc(NC(=O)C(ONCc2ccccc2)C(C2CC2)C2CC2)c(F)n1. The normalized spacial score (nSPS) is 16.7. The quantitative estimate of drug-likeness (QED) is 0.294. The van der Waals surface area contributed by atoms with E-state index in [4.69, 9.17) is 14.3 Å². The summed E-state index contributed by atoms with van der Waals surface area (Å²) in [5, 5.41) is 6.65. The maximum absolute atomic E-state index is 15.1. The van der Waals surface area contributed by atoms with Gasteiger partial charge in [-0.3, -0.25) is 14.3 Å². The molecule has 208 valence electrons. The van der Waals surface area contributed by atoms with Crippen LogP contribution in [0.1, 0.15) is 42.9 Å². The second kappa shape index (κ2) is 12.2. The maximum Gasteiger partial charge on any atom is 0.256 e. The number of nitrogens with one attached hydrogen (secondary N) is 2. The Balaban J connectivity index is 1.35. The summed E-state index contributed by atoms with van der Waals surface area (Å²) in [4.78, 5) is 23.5. The number of methoxy groups -OCH3 is 2. The van der Waals surface area contributed by atoms with Crippen molar-refractivity contribution in [1.29, 1.82) is 0 Å². The fourth-order valence-electron chi connectivity index (χ4n) is 5.09. The van der Waals surface area contributed by atoms with E-state index in [1.807, 2.05) is 30.3 Å². The zero-order valence-electron chi connectivity index (χ0n) is 22.0. The van der Waals surface area contributed by atoms with Gasteiger partial charge in [-0.1, -0.05) is 30.3 Å². The fourth-order valence-corrected chi connectivity index (χ4v) is 5.09. The first-order chi connectivity index (χ1) is 19.0. The molecule has 0 bridgehead atoms. The summed E-state index contributed by atoms with van der Waals surface area (Å²) in [6.45, 7) is 0.470. The van der Waals surface area contributed by atoms with Gasteiger partial charge in [-0.05, 0) is 49.1 Å². The molecule has 0 aliphatic heterocycles. The van der Waals surface area contributed by atoms with Crippen LogP contribution >= 0.6 is 0 Å². The second-order valence-corrected chi connectivity index (χ2v) is 10.1. The summed E-state index contributed by atoms with van der Waals surface area (Å²) in [6.07, 6.45) is 5.83. The van der Waals surface area contributed by atoms with Crippen LogP contribution in [0, 0.1) is 29.5 Å². The van der Waals surface area contributed by atoms with Crippen molar-refractivity contribution < 1.29 is 27.9 Å². The van der Waals surface area contributed by atoms with Crippen molar-refractivity contribution >= 4 is 11.6 Å². The minimum Gasteiger partial charge on any atom is -0.481 e. The first-order valence-electron chi connectivity index (χ1n) is 13.1. The van der Waals surface area contributed by atoms with Gasteiger partial charge in [0.15, 0.2) is 6.10 Å². The zero-order valence-corrected chi connectivity index (χ0v) is 22.0. The van der Waals surface area contributed by atoms with E-state index < -0.39 is 29.8 Å². The number of halogens is 2. The van der Waals surface area contributed by atoms with E-state index in [0.29, 0.717) is 23.9 Å². The lowest BCUT2D eigenvalue weighted by molar-refractivity contribution is -0.141. The third-order valence-corrected chi connectivity index (χ3v) is 7.26.